The van der Waals surface area contributed by atoms with Crippen LogP contribution in [0, 0.1) is 6.92 Å². The van der Waals surface area contributed by atoms with Gasteiger partial charge in [-0.05, 0) is 30.7 Å². The van der Waals surface area contributed by atoms with Crippen LogP contribution in [0.3, 0.4) is 0 Å². The molecule has 1 aliphatic rings. The zero-order valence-electron chi connectivity index (χ0n) is 10.8. The maximum atomic E-state index is 12.0. The molecule has 1 aromatic heterocycles. The van der Waals surface area contributed by atoms with Crippen molar-refractivity contribution < 1.29 is 4.79 Å². The first-order chi connectivity index (χ1) is 9.15. The van der Waals surface area contributed by atoms with E-state index in [1.807, 2.05) is 40.8 Å². The summed E-state index contributed by atoms with van der Waals surface area (Å²) >= 11 is 0. The van der Waals surface area contributed by atoms with Crippen LogP contribution < -0.4 is 10.6 Å². The summed E-state index contributed by atoms with van der Waals surface area (Å²) in [6.07, 6.45) is 4.15. The Bertz CT molecular complexity index is 632. The topological polar surface area (TPSA) is 64.2 Å². The molecule has 0 aliphatic carbocycles. The molecular weight excluding hydrogens is 240 g/mol. The minimum atomic E-state index is 0.137. The Morgan fingerprint density at radius 1 is 1.37 bits per heavy atom. The summed E-state index contributed by atoms with van der Waals surface area (Å²) < 4.78 is 2.04. The van der Waals surface area contributed by atoms with Crippen LogP contribution in [-0.4, -0.2) is 22.0 Å². The first-order valence-electron chi connectivity index (χ1n) is 6.31. The Hall–Kier alpha value is -2.30. The lowest BCUT2D eigenvalue weighted by molar-refractivity contribution is -0.117. The van der Waals surface area contributed by atoms with E-state index in [1.54, 1.807) is 6.20 Å². The standard InChI is InChI=1S/C14H16N4O/c1-10-16-4-5-17(10)6-7-18-13-3-2-12(15)8-11(13)9-14(18)19/h2-5,8H,6-7,9,15H2,1H3. The highest BCUT2D eigenvalue weighted by Gasteiger charge is 2.26. The van der Waals surface area contributed by atoms with E-state index in [-0.39, 0.29) is 5.91 Å². The van der Waals surface area contributed by atoms with E-state index >= 15 is 0 Å². The lowest BCUT2D eigenvalue weighted by Crippen LogP contribution is -2.30. The van der Waals surface area contributed by atoms with E-state index in [4.69, 9.17) is 5.73 Å². The van der Waals surface area contributed by atoms with Crippen LogP contribution in [0.4, 0.5) is 11.4 Å². The zero-order chi connectivity index (χ0) is 13.4. The van der Waals surface area contributed by atoms with E-state index in [2.05, 4.69) is 4.98 Å². The Morgan fingerprint density at radius 2 is 2.21 bits per heavy atom. The van der Waals surface area contributed by atoms with Crippen LogP contribution in [0.5, 0.6) is 0 Å². The molecule has 1 aliphatic heterocycles. The van der Waals surface area contributed by atoms with E-state index in [0.29, 0.717) is 18.7 Å². The van der Waals surface area contributed by atoms with Gasteiger partial charge in [-0.2, -0.15) is 0 Å². The molecule has 1 aromatic carbocycles. The normalized spacial score (nSPS) is 13.9. The molecule has 5 nitrogen and oxygen atoms in total. The van der Waals surface area contributed by atoms with Crippen LogP contribution in [-0.2, 0) is 17.8 Å². The van der Waals surface area contributed by atoms with Crippen LogP contribution >= 0.6 is 0 Å². The van der Waals surface area contributed by atoms with Crippen molar-refractivity contribution >= 4 is 17.3 Å². The quantitative estimate of drug-likeness (QED) is 0.843. The highest BCUT2D eigenvalue weighted by atomic mass is 16.2. The number of hydrogen-bond donors (Lipinski definition) is 1. The number of aryl methyl sites for hydroxylation is 1. The molecule has 98 valence electrons. The van der Waals surface area contributed by atoms with Gasteiger partial charge in [0.1, 0.15) is 5.82 Å². The van der Waals surface area contributed by atoms with Crippen molar-refractivity contribution in [2.45, 2.75) is 19.9 Å². The Morgan fingerprint density at radius 3 is 2.95 bits per heavy atom. The molecule has 0 atom stereocenters. The molecule has 19 heavy (non-hydrogen) atoms. The average Bonchev–Trinajstić information content (AvgIpc) is 2.90. The number of fused-ring (bicyclic) bond motifs is 1. The van der Waals surface area contributed by atoms with Crippen LogP contribution in [0.2, 0.25) is 0 Å². The molecule has 0 fully saturated rings. The maximum absolute atomic E-state index is 12.0. The Kier molecular flexibility index (Phi) is 2.74. The third-order valence-electron chi connectivity index (χ3n) is 3.53. The van der Waals surface area contributed by atoms with Crippen molar-refractivity contribution in [2.75, 3.05) is 17.2 Å². The number of aromatic nitrogens is 2. The van der Waals surface area contributed by atoms with Gasteiger partial charge < -0.3 is 15.2 Å². The van der Waals surface area contributed by atoms with Crippen molar-refractivity contribution in [1.82, 2.24) is 9.55 Å². The zero-order valence-corrected chi connectivity index (χ0v) is 10.8. The van der Waals surface area contributed by atoms with Gasteiger partial charge in [-0.1, -0.05) is 0 Å². The first-order valence-corrected chi connectivity index (χ1v) is 6.31. The number of anilines is 2. The summed E-state index contributed by atoms with van der Waals surface area (Å²) in [5.41, 5.74) is 8.46. The second kappa shape index (κ2) is 4.42. The number of imidazole rings is 1. The molecule has 2 N–H and O–H groups in total. The van der Waals surface area contributed by atoms with Crippen LogP contribution in [0.1, 0.15) is 11.4 Å². The lowest BCUT2D eigenvalue weighted by Gasteiger charge is -2.18. The predicted molar refractivity (Wildman–Crippen MR) is 73.9 cm³/mol. The first kappa shape index (κ1) is 11.8. The van der Waals surface area contributed by atoms with Gasteiger partial charge in [0.05, 0.1) is 6.42 Å². The fourth-order valence-corrected chi connectivity index (χ4v) is 2.50. The van der Waals surface area contributed by atoms with E-state index in [0.717, 1.165) is 23.6 Å². The summed E-state index contributed by atoms with van der Waals surface area (Å²) in [4.78, 5) is 18.1. The van der Waals surface area contributed by atoms with Crippen LogP contribution in [0.15, 0.2) is 30.6 Å². The summed E-state index contributed by atoms with van der Waals surface area (Å²) in [6.45, 7) is 3.37. The molecule has 2 heterocycles. The summed E-state index contributed by atoms with van der Waals surface area (Å²) in [5.74, 6) is 1.10. The summed E-state index contributed by atoms with van der Waals surface area (Å²) in [5, 5.41) is 0. The van der Waals surface area contributed by atoms with Gasteiger partial charge in [0.15, 0.2) is 0 Å². The predicted octanol–water partition coefficient (Wildman–Crippen LogP) is 1.36. The van der Waals surface area contributed by atoms with Gasteiger partial charge in [-0.3, -0.25) is 4.79 Å². The number of nitrogens with zero attached hydrogens (tertiary/aromatic N) is 3. The van der Waals surface area contributed by atoms with E-state index in [9.17, 15) is 4.79 Å². The third kappa shape index (κ3) is 2.07. The number of rotatable bonds is 3. The highest BCUT2D eigenvalue weighted by molar-refractivity contribution is 6.01. The average molecular weight is 256 g/mol. The van der Waals surface area contributed by atoms with Crippen molar-refractivity contribution in [2.24, 2.45) is 0 Å². The molecule has 0 radical (unpaired) electrons. The maximum Gasteiger partial charge on any atom is 0.231 e. The van der Waals surface area contributed by atoms with Gasteiger partial charge in [0, 0.05) is 36.9 Å². The lowest BCUT2D eigenvalue weighted by atomic mass is 10.1. The number of nitrogen functional groups attached to an aromatic ring is 1. The fraction of sp³-hybridized carbons (Fsp3) is 0.286. The molecule has 2 aromatic rings. The summed E-state index contributed by atoms with van der Waals surface area (Å²) in [7, 11) is 0. The van der Waals surface area contributed by atoms with Crippen molar-refractivity contribution in [3.05, 3.63) is 42.0 Å². The molecule has 0 saturated heterocycles. The Balaban J connectivity index is 1.79. The second-order valence-corrected chi connectivity index (χ2v) is 4.78. The Labute approximate surface area is 111 Å². The minimum absolute atomic E-state index is 0.137. The number of carbonyl (C=O) groups is 1. The minimum Gasteiger partial charge on any atom is -0.399 e. The molecule has 0 spiro atoms. The number of nitrogens with two attached hydrogens (primary N) is 1. The van der Waals surface area contributed by atoms with Gasteiger partial charge in [-0.15, -0.1) is 0 Å². The van der Waals surface area contributed by atoms with Crippen molar-refractivity contribution in [3.8, 4) is 0 Å². The fourth-order valence-electron chi connectivity index (χ4n) is 2.50. The number of benzene rings is 1. The van der Waals surface area contributed by atoms with Gasteiger partial charge in [-0.25, -0.2) is 4.98 Å². The van der Waals surface area contributed by atoms with Gasteiger partial charge in [0.2, 0.25) is 5.91 Å². The van der Waals surface area contributed by atoms with Crippen molar-refractivity contribution in [1.29, 1.82) is 0 Å². The van der Waals surface area contributed by atoms with E-state index in [1.165, 1.54) is 0 Å². The smallest absolute Gasteiger partial charge is 0.231 e. The van der Waals surface area contributed by atoms with Crippen LogP contribution in [0.25, 0.3) is 0 Å². The highest BCUT2D eigenvalue weighted by Crippen LogP contribution is 2.30. The molecular formula is C14H16N4O. The number of carbonyl (C=O) groups excluding carboxylic acids is 1. The van der Waals surface area contributed by atoms with Gasteiger partial charge in [0.25, 0.3) is 0 Å². The summed E-state index contributed by atoms with van der Waals surface area (Å²) in [6, 6.07) is 5.65. The monoisotopic (exact) mass is 256 g/mol. The molecule has 0 bridgehead atoms. The second-order valence-electron chi connectivity index (χ2n) is 4.78. The van der Waals surface area contributed by atoms with E-state index < -0.39 is 0 Å². The third-order valence-corrected chi connectivity index (χ3v) is 3.53. The number of amides is 1. The molecule has 1 amide bonds. The SMILES string of the molecule is Cc1nccn1CCN1C(=O)Cc2cc(N)ccc21. The molecule has 0 unspecified atom stereocenters. The molecule has 0 saturated carbocycles. The number of hydrogen-bond acceptors (Lipinski definition) is 3. The molecule has 3 rings (SSSR count). The van der Waals surface area contributed by atoms with Gasteiger partial charge >= 0.3 is 0 Å². The molecule has 5 heteroatoms. The van der Waals surface area contributed by atoms with Crippen molar-refractivity contribution in [3.63, 3.8) is 0 Å². The largest absolute Gasteiger partial charge is 0.399 e.